The normalized spacial score (nSPS) is 15.6. The fraction of sp³-hybridized carbons (Fsp3) is 1.00. The first kappa shape index (κ1) is 8.50. The van der Waals surface area contributed by atoms with Gasteiger partial charge in [-0.3, -0.25) is 0 Å². The summed E-state index contributed by atoms with van der Waals surface area (Å²) in [6, 6.07) is 0. The Bertz CT molecular complexity index is 86.6. The summed E-state index contributed by atoms with van der Waals surface area (Å²) in [6.45, 7) is 0. The van der Waals surface area contributed by atoms with E-state index in [0.29, 0.717) is 0 Å². The largest absolute Gasteiger partial charge is 0.540 e. The Kier molecular flexibility index (Phi) is 4.66. The molecule has 0 aromatic rings. The zero-order chi connectivity index (χ0) is 6.57. The van der Waals surface area contributed by atoms with Crippen molar-refractivity contribution in [2.75, 3.05) is 12.4 Å². The van der Waals surface area contributed by atoms with Crippen molar-refractivity contribution in [3.05, 3.63) is 0 Å². The van der Waals surface area contributed by atoms with Crippen molar-refractivity contribution in [2.24, 2.45) is 0 Å². The third-order valence-electron chi connectivity index (χ3n) is 0.561. The van der Waals surface area contributed by atoms with Crippen LogP contribution in [-0.4, -0.2) is 23.4 Å². The summed E-state index contributed by atoms with van der Waals surface area (Å²) in [6.07, 6.45) is 0. The highest BCUT2D eigenvalue weighted by Gasteiger charge is 2.26. The number of alkyl halides is 1. The van der Waals surface area contributed by atoms with E-state index in [-0.39, 0.29) is 5.33 Å². The number of rotatable bonds is 3. The molecule has 0 aliphatic rings. The maximum atomic E-state index is 10.4. The molecule has 0 saturated carbocycles. The van der Waals surface area contributed by atoms with Crippen LogP contribution in [0.5, 0.6) is 0 Å². The predicted molar refractivity (Wildman–Crippen MR) is 34.4 cm³/mol. The molecule has 2 unspecified atom stereocenters. The molecule has 0 radical (unpaired) electrons. The van der Waals surface area contributed by atoms with Gasteiger partial charge < -0.3 is 5.11 Å². The number of aliphatic hydroxyl groups is 1. The Hall–Kier alpha value is 0.500. The SMILES string of the molecule is CO[P+](=O)C(O)CBr. The van der Waals surface area contributed by atoms with Gasteiger partial charge in [0.2, 0.25) is 0 Å². The first-order valence-electron chi connectivity index (χ1n) is 1.97. The Morgan fingerprint density at radius 1 is 2.00 bits per heavy atom. The van der Waals surface area contributed by atoms with E-state index in [1.165, 1.54) is 7.11 Å². The van der Waals surface area contributed by atoms with Crippen LogP contribution < -0.4 is 0 Å². The lowest BCUT2D eigenvalue weighted by Gasteiger charge is -1.86. The van der Waals surface area contributed by atoms with Crippen molar-refractivity contribution in [1.29, 1.82) is 0 Å². The molecule has 0 saturated heterocycles. The van der Waals surface area contributed by atoms with Gasteiger partial charge in [0.25, 0.3) is 5.85 Å². The van der Waals surface area contributed by atoms with E-state index < -0.39 is 13.9 Å². The van der Waals surface area contributed by atoms with Crippen molar-refractivity contribution in [3.63, 3.8) is 0 Å². The molecule has 5 heteroatoms. The van der Waals surface area contributed by atoms with Crippen LogP contribution in [0.3, 0.4) is 0 Å². The maximum Gasteiger partial charge on any atom is 0.540 e. The zero-order valence-electron chi connectivity index (χ0n) is 4.37. The van der Waals surface area contributed by atoms with Crippen molar-refractivity contribution >= 4 is 24.0 Å². The van der Waals surface area contributed by atoms with Crippen molar-refractivity contribution in [1.82, 2.24) is 0 Å². The van der Waals surface area contributed by atoms with Gasteiger partial charge in [-0.05, 0) is 4.57 Å². The van der Waals surface area contributed by atoms with E-state index >= 15 is 0 Å². The van der Waals surface area contributed by atoms with Crippen LogP contribution in [0.4, 0.5) is 0 Å². The minimum absolute atomic E-state index is 0.288. The van der Waals surface area contributed by atoms with Crippen molar-refractivity contribution in [2.45, 2.75) is 5.85 Å². The van der Waals surface area contributed by atoms with Crippen LogP contribution >= 0.6 is 24.0 Å². The molecular weight excluding hydrogens is 195 g/mol. The van der Waals surface area contributed by atoms with Crippen molar-refractivity contribution < 1.29 is 14.2 Å². The Labute approximate surface area is 57.0 Å². The third kappa shape index (κ3) is 2.72. The summed E-state index contributed by atoms with van der Waals surface area (Å²) in [4.78, 5) is 0. The average Bonchev–Trinajstić information content (AvgIpc) is 1.84. The molecule has 0 heterocycles. The molecular formula is C3H7BrO3P+. The van der Waals surface area contributed by atoms with E-state index in [1.807, 2.05) is 0 Å². The van der Waals surface area contributed by atoms with Crippen LogP contribution in [0.1, 0.15) is 0 Å². The number of aliphatic hydroxyl groups excluding tert-OH is 1. The van der Waals surface area contributed by atoms with Gasteiger partial charge in [0, 0.05) is 0 Å². The van der Waals surface area contributed by atoms with Crippen LogP contribution in [-0.2, 0) is 9.09 Å². The molecule has 2 atom stereocenters. The predicted octanol–water partition coefficient (Wildman–Crippen LogP) is 1.09. The number of hydrogen-bond donors (Lipinski definition) is 1. The van der Waals surface area contributed by atoms with Gasteiger partial charge >= 0.3 is 8.03 Å². The van der Waals surface area contributed by atoms with E-state index in [9.17, 15) is 4.57 Å². The summed E-state index contributed by atoms with van der Waals surface area (Å²) < 4.78 is 14.7. The fourth-order valence-corrected chi connectivity index (χ4v) is 1.24. The zero-order valence-corrected chi connectivity index (χ0v) is 6.85. The second-order valence-electron chi connectivity index (χ2n) is 1.10. The van der Waals surface area contributed by atoms with Crippen LogP contribution in [0.15, 0.2) is 0 Å². The molecule has 48 valence electrons. The molecule has 0 amide bonds. The van der Waals surface area contributed by atoms with Gasteiger partial charge in [0.15, 0.2) is 0 Å². The highest BCUT2D eigenvalue weighted by Crippen LogP contribution is 2.26. The summed E-state index contributed by atoms with van der Waals surface area (Å²) >= 11 is 2.94. The smallest absolute Gasteiger partial charge is 0.348 e. The van der Waals surface area contributed by atoms with Gasteiger partial charge in [-0.1, -0.05) is 15.9 Å². The van der Waals surface area contributed by atoms with Crippen LogP contribution in [0.2, 0.25) is 0 Å². The summed E-state index contributed by atoms with van der Waals surface area (Å²) in [5, 5.41) is 8.96. The molecule has 0 fully saturated rings. The fourth-order valence-electron chi connectivity index (χ4n) is 0.178. The summed E-state index contributed by atoms with van der Waals surface area (Å²) in [5.41, 5.74) is 0. The van der Waals surface area contributed by atoms with Gasteiger partial charge in [-0.25, -0.2) is 0 Å². The standard InChI is InChI=1S/C3H7BrO3P/c1-7-8(6)3(5)2-4/h3,5H,2H2,1H3/q+1. The Morgan fingerprint density at radius 3 is 2.62 bits per heavy atom. The lowest BCUT2D eigenvalue weighted by atomic mass is 10.9. The molecule has 3 nitrogen and oxygen atoms in total. The second kappa shape index (κ2) is 4.39. The molecule has 8 heavy (non-hydrogen) atoms. The van der Waals surface area contributed by atoms with E-state index in [1.54, 1.807) is 0 Å². The molecule has 0 spiro atoms. The highest BCUT2D eigenvalue weighted by molar-refractivity contribution is 9.09. The molecule has 0 rings (SSSR count). The lowest BCUT2D eigenvalue weighted by Crippen LogP contribution is -2.01. The minimum atomic E-state index is -1.88. The van der Waals surface area contributed by atoms with Crippen molar-refractivity contribution in [3.8, 4) is 0 Å². The molecule has 0 bridgehead atoms. The Balaban J connectivity index is 3.46. The van der Waals surface area contributed by atoms with Crippen LogP contribution in [0, 0.1) is 0 Å². The van der Waals surface area contributed by atoms with Gasteiger partial charge in [-0.2, -0.15) is 0 Å². The average molecular weight is 202 g/mol. The quantitative estimate of drug-likeness (QED) is 0.550. The van der Waals surface area contributed by atoms with E-state index in [4.69, 9.17) is 5.11 Å². The molecule has 1 N–H and O–H groups in total. The first-order chi connectivity index (χ1) is 3.72. The molecule has 0 aromatic carbocycles. The second-order valence-corrected chi connectivity index (χ2v) is 3.28. The van der Waals surface area contributed by atoms with E-state index in [0.717, 1.165) is 0 Å². The maximum absolute atomic E-state index is 10.4. The molecule has 0 aromatic heterocycles. The highest BCUT2D eigenvalue weighted by atomic mass is 79.9. The first-order valence-corrected chi connectivity index (χ1v) is 4.33. The monoisotopic (exact) mass is 201 g/mol. The summed E-state index contributed by atoms with van der Waals surface area (Å²) in [5.74, 6) is -0.880. The Morgan fingerprint density at radius 2 is 2.50 bits per heavy atom. The minimum Gasteiger partial charge on any atom is -0.348 e. The topological polar surface area (TPSA) is 46.5 Å². The number of hydrogen-bond acceptors (Lipinski definition) is 3. The van der Waals surface area contributed by atoms with Gasteiger partial charge in [-0.15, -0.1) is 4.52 Å². The third-order valence-corrected chi connectivity index (χ3v) is 2.70. The lowest BCUT2D eigenvalue weighted by molar-refractivity contribution is 0.252. The molecule has 0 aliphatic carbocycles. The summed E-state index contributed by atoms with van der Waals surface area (Å²) in [7, 11) is -0.585. The van der Waals surface area contributed by atoms with Gasteiger partial charge in [0.05, 0.1) is 12.4 Å². The van der Waals surface area contributed by atoms with E-state index in [2.05, 4.69) is 20.5 Å². The molecule has 0 aliphatic heterocycles. The number of halogens is 1. The van der Waals surface area contributed by atoms with Crippen LogP contribution in [0.25, 0.3) is 0 Å². The van der Waals surface area contributed by atoms with Gasteiger partial charge in [0.1, 0.15) is 0 Å².